The Bertz CT molecular complexity index is 1790. The summed E-state index contributed by atoms with van der Waals surface area (Å²) in [6, 6.07) is 29.7. The first-order valence-corrected chi connectivity index (χ1v) is 14.1. The van der Waals surface area contributed by atoms with Crippen LogP contribution in [0.2, 0.25) is 0 Å². The van der Waals surface area contributed by atoms with E-state index in [9.17, 15) is 10.1 Å². The zero-order valence-electron chi connectivity index (χ0n) is 23.8. The van der Waals surface area contributed by atoms with E-state index in [0.717, 1.165) is 34.1 Å². The van der Waals surface area contributed by atoms with Crippen molar-refractivity contribution in [3.63, 3.8) is 0 Å². The van der Waals surface area contributed by atoms with E-state index in [2.05, 4.69) is 25.8 Å². The maximum atomic E-state index is 11.4. The Balaban J connectivity index is 1.43. The number of pyridine rings is 1. The Labute approximate surface area is 254 Å². The molecule has 0 radical (unpaired) electrons. The Morgan fingerprint density at radius 3 is 2.33 bits per heavy atom. The minimum atomic E-state index is -0.427. The molecule has 3 heterocycles. The van der Waals surface area contributed by atoms with E-state index < -0.39 is 4.92 Å². The molecular formula is C33H29N5O4S. The first-order valence-electron chi connectivity index (χ1n) is 13.7. The fourth-order valence-electron chi connectivity index (χ4n) is 5.67. The minimum Gasteiger partial charge on any atom is -0.494 e. The summed E-state index contributed by atoms with van der Waals surface area (Å²) in [5.74, 6) is 1.89. The van der Waals surface area contributed by atoms with Gasteiger partial charge in [-0.3, -0.25) is 15.1 Å². The average Bonchev–Trinajstić information content (AvgIpc) is 3.52. The molecule has 10 heteroatoms. The second kappa shape index (κ2) is 11.6. The molecule has 1 aliphatic heterocycles. The fourth-order valence-corrected chi connectivity index (χ4v) is 6.02. The number of thiocarbonyl (C=S) groups is 1. The molecule has 43 heavy (non-hydrogen) atoms. The van der Waals surface area contributed by atoms with Crippen LogP contribution in [0, 0.1) is 24.0 Å². The Kier molecular flexibility index (Phi) is 7.52. The van der Waals surface area contributed by atoms with Gasteiger partial charge in [0.15, 0.2) is 5.11 Å². The van der Waals surface area contributed by atoms with Crippen molar-refractivity contribution in [2.24, 2.45) is 0 Å². The number of aromatic nitrogens is 2. The lowest BCUT2D eigenvalue weighted by Gasteiger charge is -2.28. The number of nitrogens with one attached hydrogen (secondary N) is 1. The van der Waals surface area contributed by atoms with E-state index in [1.807, 2.05) is 86.6 Å². The van der Waals surface area contributed by atoms with Crippen LogP contribution in [0.3, 0.4) is 0 Å². The maximum absolute atomic E-state index is 11.4. The van der Waals surface area contributed by atoms with Gasteiger partial charge in [-0.15, -0.1) is 0 Å². The van der Waals surface area contributed by atoms with E-state index in [-0.39, 0.29) is 17.8 Å². The predicted molar refractivity (Wildman–Crippen MR) is 169 cm³/mol. The van der Waals surface area contributed by atoms with Gasteiger partial charge in [0, 0.05) is 29.3 Å². The van der Waals surface area contributed by atoms with Crippen LogP contribution in [-0.2, 0) is 0 Å². The largest absolute Gasteiger partial charge is 0.494 e. The lowest BCUT2D eigenvalue weighted by molar-refractivity contribution is -0.384. The zero-order valence-corrected chi connectivity index (χ0v) is 24.6. The molecule has 0 unspecified atom stereocenters. The summed E-state index contributed by atoms with van der Waals surface area (Å²) in [6.07, 6.45) is 1.78. The number of nitro groups is 1. The third kappa shape index (κ3) is 5.28. The molecule has 1 aliphatic rings. The van der Waals surface area contributed by atoms with Crippen LogP contribution in [0.1, 0.15) is 34.7 Å². The Hall–Kier alpha value is -5.22. The van der Waals surface area contributed by atoms with Crippen molar-refractivity contribution in [2.75, 3.05) is 12.0 Å². The lowest BCUT2D eigenvalue weighted by Crippen LogP contribution is -2.29. The lowest BCUT2D eigenvalue weighted by atomic mass is 9.96. The Morgan fingerprint density at radius 2 is 1.65 bits per heavy atom. The van der Waals surface area contributed by atoms with Gasteiger partial charge in [0.25, 0.3) is 5.69 Å². The molecule has 5 aromatic rings. The average molecular weight is 592 g/mol. The first kappa shape index (κ1) is 27.9. The highest BCUT2D eigenvalue weighted by Gasteiger charge is 2.42. The zero-order chi connectivity index (χ0) is 30.1. The van der Waals surface area contributed by atoms with E-state index in [0.29, 0.717) is 22.3 Å². The van der Waals surface area contributed by atoms with Crippen molar-refractivity contribution in [3.8, 4) is 22.9 Å². The number of hydrogen-bond acceptors (Lipinski definition) is 6. The quantitative estimate of drug-likeness (QED) is 0.114. The van der Waals surface area contributed by atoms with Crippen molar-refractivity contribution in [1.29, 1.82) is 0 Å². The summed E-state index contributed by atoms with van der Waals surface area (Å²) in [6.45, 7) is 4.04. The number of anilines is 1. The van der Waals surface area contributed by atoms with Gasteiger partial charge in [0.05, 0.1) is 41.6 Å². The minimum absolute atomic E-state index is 0.0327. The fraction of sp³-hybridized carbons (Fsp3) is 0.152. The molecule has 1 fully saturated rings. The molecule has 0 amide bonds. The van der Waals surface area contributed by atoms with Gasteiger partial charge in [-0.1, -0.05) is 24.3 Å². The number of hydrogen-bond donors (Lipinski definition) is 1. The van der Waals surface area contributed by atoms with Gasteiger partial charge >= 0.3 is 0 Å². The smallest absolute Gasteiger partial charge is 0.273 e. The summed E-state index contributed by atoms with van der Waals surface area (Å²) in [4.78, 5) is 17.8. The number of para-hydroxylation sites is 1. The number of non-ortho nitro benzene ring substituents is 1. The number of nitrogens with zero attached hydrogens (tertiary/aromatic N) is 4. The molecule has 6 rings (SSSR count). The van der Waals surface area contributed by atoms with E-state index in [4.69, 9.17) is 21.7 Å². The number of methoxy groups -OCH3 is 1. The van der Waals surface area contributed by atoms with Gasteiger partial charge < -0.3 is 24.3 Å². The third-order valence-corrected chi connectivity index (χ3v) is 7.91. The molecule has 0 aliphatic carbocycles. The first-order chi connectivity index (χ1) is 20.9. The second-order valence-corrected chi connectivity index (χ2v) is 10.6. The summed E-state index contributed by atoms with van der Waals surface area (Å²) >= 11 is 5.93. The van der Waals surface area contributed by atoms with Crippen molar-refractivity contribution >= 4 is 28.7 Å². The van der Waals surface area contributed by atoms with Gasteiger partial charge in [0.2, 0.25) is 0 Å². The predicted octanol–water partition coefficient (Wildman–Crippen LogP) is 7.38. The molecule has 2 aromatic heterocycles. The van der Waals surface area contributed by atoms with Crippen LogP contribution in [0.25, 0.3) is 5.69 Å². The van der Waals surface area contributed by atoms with Gasteiger partial charge in [-0.25, -0.2) is 0 Å². The van der Waals surface area contributed by atoms with Gasteiger partial charge in [-0.05, 0) is 92.3 Å². The highest BCUT2D eigenvalue weighted by atomic mass is 32.1. The van der Waals surface area contributed by atoms with Crippen LogP contribution in [-0.4, -0.2) is 26.7 Å². The molecule has 0 bridgehead atoms. The van der Waals surface area contributed by atoms with Gasteiger partial charge in [0.1, 0.15) is 17.2 Å². The molecule has 1 saturated heterocycles. The SMILES string of the molecule is COc1cc([N+](=O)[O-])ccc1-n1c(C)cc([C@@H]2[C@H](c3ccccn3)NC(=S)N2c2ccc(Oc3ccccc3)cc2)c1C. The highest BCUT2D eigenvalue weighted by Crippen LogP contribution is 2.44. The van der Waals surface area contributed by atoms with Crippen molar-refractivity contribution in [3.05, 3.63) is 136 Å². The molecule has 2 atom stereocenters. The van der Waals surface area contributed by atoms with Crippen LogP contribution in [0.15, 0.2) is 103 Å². The molecule has 1 N–H and O–H groups in total. The number of rotatable bonds is 8. The molecular weight excluding hydrogens is 562 g/mol. The van der Waals surface area contributed by atoms with Crippen molar-refractivity contribution < 1.29 is 14.4 Å². The van der Waals surface area contributed by atoms with Crippen LogP contribution in [0.5, 0.6) is 17.2 Å². The van der Waals surface area contributed by atoms with E-state index in [1.165, 1.54) is 19.2 Å². The van der Waals surface area contributed by atoms with Crippen molar-refractivity contribution in [2.45, 2.75) is 25.9 Å². The summed E-state index contributed by atoms with van der Waals surface area (Å²) in [5.41, 5.74) is 5.38. The summed E-state index contributed by atoms with van der Waals surface area (Å²) in [5, 5.41) is 15.5. The second-order valence-electron chi connectivity index (χ2n) is 10.2. The highest BCUT2D eigenvalue weighted by molar-refractivity contribution is 7.80. The topological polar surface area (TPSA) is 94.7 Å². The van der Waals surface area contributed by atoms with E-state index in [1.54, 1.807) is 12.3 Å². The third-order valence-electron chi connectivity index (χ3n) is 7.60. The van der Waals surface area contributed by atoms with Crippen LogP contribution < -0.4 is 19.7 Å². The molecule has 216 valence electrons. The van der Waals surface area contributed by atoms with Crippen molar-refractivity contribution in [1.82, 2.24) is 14.9 Å². The van der Waals surface area contributed by atoms with Gasteiger partial charge in [-0.2, -0.15) is 0 Å². The molecule has 3 aromatic carbocycles. The summed E-state index contributed by atoms with van der Waals surface area (Å²) < 4.78 is 13.7. The standard InChI is InChI=1S/C33H29N5O4S/c1-21-19-27(22(2)36(21)29-17-14-24(38(39)40)20-30(29)41-3)32-31(28-11-7-8-18-34-28)35-33(43)37(32)23-12-15-26(16-13-23)42-25-9-5-4-6-10-25/h4-20,31-32H,1-3H3,(H,35,43)/t31-,32+/m0/s1. The van der Waals surface area contributed by atoms with Crippen LogP contribution >= 0.6 is 12.2 Å². The number of benzene rings is 3. The molecule has 0 spiro atoms. The van der Waals surface area contributed by atoms with E-state index >= 15 is 0 Å². The number of ether oxygens (including phenoxy) is 2. The normalized spacial score (nSPS) is 16.2. The molecule has 9 nitrogen and oxygen atoms in total. The maximum Gasteiger partial charge on any atom is 0.273 e. The monoisotopic (exact) mass is 591 g/mol. The summed E-state index contributed by atoms with van der Waals surface area (Å²) in [7, 11) is 1.51. The molecule has 0 saturated carbocycles. The number of aryl methyl sites for hydroxylation is 1. The van der Waals surface area contributed by atoms with Crippen LogP contribution in [0.4, 0.5) is 11.4 Å². The number of nitro benzene ring substituents is 1. The Morgan fingerprint density at radius 1 is 0.930 bits per heavy atom.